The summed E-state index contributed by atoms with van der Waals surface area (Å²) >= 11 is 0. The van der Waals surface area contributed by atoms with Crippen LogP contribution in [0.2, 0.25) is 0 Å². The van der Waals surface area contributed by atoms with Crippen molar-refractivity contribution < 1.29 is 32.4 Å². The van der Waals surface area contributed by atoms with E-state index in [-0.39, 0.29) is 17.8 Å². The molecule has 0 aliphatic carbocycles. The van der Waals surface area contributed by atoms with E-state index in [2.05, 4.69) is 10.6 Å². The number of carbonyl (C=O) groups is 2. The summed E-state index contributed by atoms with van der Waals surface area (Å²) in [6.07, 6.45) is -3.63. The first-order chi connectivity index (χ1) is 15.6. The Kier molecular flexibility index (Phi) is 7.32. The number of alkyl halides is 3. The third-order valence-electron chi connectivity index (χ3n) is 5.60. The molecule has 2 aromatic carbocycles. The normalized spacial score (nSPS) is 15.5. The molecule has 0 unspecified atom stereocenters. The van der Waals surface area contributed by atoms with E-state index in [1.54, 1.807) is 6.07 Å². The molecule has 33 heavy (non-hydrogen) atoms. The lowest BCUT2D eigenvalue weighted by molar-refractivity contribution is -0.384. The highest BCUT2D eigenvalue weighted by Gasteiger charge is 2.37. The summed E-state index contributed by atoms with van der Waals surface area (Å²) < 4.78 is 44.9. The van der Waals surface area contributed by atoms with Crippen molar-refractivity contribution in [2.75, 3.05) is 26.3 Å². The fraction of sp³-hybridized carbons (Fsp3) is 0.364. The Bertz CT molecular complexity index is 1040. The quantitative estimate of drug-likeness (QED) is 0.482. The summed E-state index contributed by atoms with van der Waals surface area (Å²) in [5.74, 6) is -1.20. The number of nitro groups is 1. The van der Waals surface area contributed by atoms with Crippen LogP contribution in [0.1, 0.15) is 34.3 Å². The molecule has 11 heteroatoms. The minimum absolute atomic E-state index is 0.0295. The zero-order chi connectivity index (χ0) is 24.1. The molecule has 1 aliphatic heterocycles. The molecule has 0 saturated carbocycles. The molecule has 0 radical (unpaired) electrons. The number of nitro benzene ring substituents is 1. The molecule has 1 heterocycles. The van der Waals surface area contributed by atoms with Gasteiger partial charge in [-0.3, -0.25) is 19.7 Å². The molecule has 0 bridgehead atoms. The summed E-state index contributed by atoms with van der Waals surface area (Å²) in [5.41, 5.74) is -1.27. The smallest absolute Gasteiger partial charge is 0.381 e. The highest BCUT2D eigenvalue weighted by Crippen LogP contribution is 2.37. The topological polar surface area (TPSA) is 111 Å². The molecule has 8 nitrogen and oxygen atoms in total. The average Bonchev–Trinajstić information content (AvgIpc) is 2.81. The molecule has 3 rings (SSSR count). The number of hydrogen-bond donors (Lipinski definition) is 2. The van der Waals surface area contributed by atoms with Crippen molar-refractivity contribution in [3.8, 4) is 0 Å². The number of carbonyl (C=O) groups excluding carboxylic acids is 2. The van der Waals surface area contributed by atoms with Gasteiger partial charge >= 0.3 is 6.18 Å². The van der Waals surface area contributed by atoms with Crippen molar-refractivity contribution in [3.05, 3.63) is 75.3 Å². The summed E-state index contributed by atoms with van der Waals surface area (Å²) in [7, 11) is 0. The Morgan fingerprint density at radius 1 is 1.06 bits per heavy atom. The first kappa shape index (κ1) is 24.2. The van der Waals surface area contributed by atoms with E-state index in [0.717, 1.165) is 18.2 Å². The van der Waals surface area contributed by atoms with Crippen molar-refractivity contribution >= 4 is 17.5 Å². The Hall–Kier alpha value is -3.47. The zero-order valence-electron chi connectivity index (χ0n) is 17.5. The van der Waals surface area contributed by atoms with Crippen molar-refractivity contribution in [1.82, 2.24) is 10.6 Å². The standard InChI is InChI=1S/C22H22F3N3O5/c23-22(24,25)17-5-2-4-16(12-17)21(7-9-33-10-8-21)14-27-19(29)13-26-20(30)15-3-1-6-18(11-15)28(31)32/h1-6,11-12H,7-10,13-14H2,(H,26,30)(H,27,29). The van der Waals surface area contributed by atoms with Crippen LogP contribution in [0.3, 0.4) is 0 Å². The van der Waals surface area contributed by atoms with E-state index < -0.39 is 40.4 Å². The number of non-ortho nitro benzene ring substituents is 1. The maximum Gasteiger partial charge on any atom is 0.416 e. The zero-order valence-corrected chi connectivity index (χ0v) is 17.5. The Labute approximate surface area is 187 Å². The van der Waals surface area contributed by atoms with E-state index >= 15 is 0 Å². The monoisotopic (exact) mass is 465 g/mol. The Morgan fingerprint density at radius 2 is 1.76 bits per heavy atom. The van der Waals surface area contributed by atoms with Crippen molar-refractivity contribution in [1.29, 1.82) is 0 Å². The largest absolute Gasteiger partial charge is 0.416 e. The molecule has 1 aliphatic rings. The molecule has 176 valence electrons. The Morgan fingerprint density at radius 3 is 2.42 bits per heavy atom. The first-order valence-electron chi connectivity index (χ1n) is 10.2. The molecule has 1 fully saturated rings. The second-order valence-corrected chi connectivity index (χ2v) is 7.74. The molecular weight excluding hydrogens is 443 g/mol. The number of halogens is 3. The van der Waals surface area contributed by atoms with Gasteiger partial charge in [0.25, 0.3) is 11.6 Å². The average molecular weight is 465 g/mol. The lowest BCUT2D eigenvalue weighted by atomic mass is 9.73. The van der Waals surface area contributed by atoms with Crippen LogP contribution in [-0.4, -0.2) is 43.0 Å². The van der Waals surface area contributed by atoms with E-state index in [0.29, 0.717) is 31.6 Å². The van der Waals surface area contributed by atoms with Crippen LogP contribution in [0.25, 0.3) is 0 Å². The van der Waals surface area contributed by atoms with E-state index in [1.165, 1.54) is 24.3 Å². The van der Waals surface area contributed by atoms with Crippen LogP contribution in [-0.2, 0) is 21.1 Å². The van der Waals surface area contributed by atoms with Gasteiger partial charge in [-0.1, -0.05) is 24.3 Å². The molecule has 1 saturated heterocycles. The van der Waals surface area contributed by atoms with Crippen molar-refractivity contribution in [2.24, 2.45) is 0 Å². The summed E-state index contributed by atoms with van der Waals surface area (Å²) in [4.78, 5) is 34.8. The van der Waals surface area contributed by atoms with Gasteiger partial charge in [-0.2, -0.15) is 13.2 Å². The van der Waals surface area contributed by atoms with Gasteiger partial charge in [0.2, 0.25) is 5.91 Å². The number of nitrogens with one attached hydrogen (secondary N) is 2. The van der Waals surface area contributed by atoms with Gasteiger partial charge in [-0.15, -0.1) is 0 Å². The van der Waals surface area contributed by atoms with Gasteiger partial charge in [0, 0.05) is 42.9 Å². The number of hydrogen-bond acceptors (Lipinski definition) is 5. The van der Waals surface area contributed by atoms with E-state index in [9.17, 15) is 32.9 Å². The number of ether oxygens (including phenoxy) is 1. The second kappa shape index (κ2) is 9.99. The summed E-state index contributed by atoms with van der Waals surface area (Å²) in [5, 5.41) is 15.9. The fourth-order valence-electron chi connectivity index (χ4n) is 3.71. The van der Waals surface area contributed by atoms with Gasteiger partial charge < -0.3 is 15.4 Å². The van der Waals surface area contributed by atoms with E-state index in [4.69, 9.17) is 4.74 Å². The molecule has 2 aromatic rings. The lowest BCUT2D eigenvalue weighted by Crippen LogP contribution is -2.47. The first-order valence-corrected chi connectivity index (χ1v) is 10.2. The van der Waals surface area contributed by atoms with Crippen molar-refractivity contribution in [3.63, 3.8) is 0 Å². The van der Waals surface area contributed by atoms with Crippen LogP contribution < -0.4 is 10.6 Å². The highest BCUT2D eigenvalue weighted by atomic mass is 19.4. The number of nitrogens with zero attached hydrogens (tertiary/aromatic N) is 1. The predicted octanol–water partition coefficient (Wildman–Crippen LogP) is 3.21. The van der Waals surface area contributed by atoms with Crippen LogP contribution >= 0.6 is 0 Å². The molecule has 0 atom stereocenters. The van der Waals surface area contributed by atoms with Crippen LogP contribution in [0.5, 0.6) is 0 Å². The molecular formula is C22H22F3N3O5. The van der Waals surface area contributed by atoms with Crippen LogP contribution in [0.15, 0.2) is 48.5 Å². The third kappa shape index (κ3) is 6.07. The third-order valence-corrected chi connectivity index (χ3v) is 5.60. The van der Waals surface area contributed by atoms with Gasteiger partial charge in [0.05, 0.1) is 17.0 Å². The number of rotatable bonds is 7. The number of benzene rings is 2. The summed E-state index contributed by atoms with van der Waals surface area (Å²) in [6.45, 7) is 0.366. The Balaban J connectivity index is 1.65. The van der Waals surface area contributed by atoms with Gasteiger partial charge in [-0.25, -0.2) is 0 Å². The van der Waals surface area contributed by atoms with Crippen LogP contribution in [0, 0.1) is 10.1 Å². The predicted molar refractivity (Wildman–Crippen MR) is 112 cm³/mol. The lowest BCUT2D eigenvalue weighted by Gasteiger charge is -2.38. The number of amides is 2. The maximum absolute atomic E-state index is 13.2. The highest BCUT2D eigenvalue weighted by molar-refractivity contribution is 5.96. The van der Waals surface area contributed by atoms with Gasteiger partial charge in [0.15, 0.2) is 0 Å². The summed E-state index contributed by atoms with van der Waals surface area (Å²) in [6, 6.07) is 10.1. The molecule has 2 N–H and O–H groups in total. The fourth-order valence-corrected chi connectivity index (χ4v) is 3.71. The SMILES string of the molecule is O=C(CNC(=O)c1cccc([N+](=O)[O-])c1)NCC1(c2cccc(C(F)(F)F)c2)CCOCC1. The second-order valence-electron chi connectivity index (χ2n) is 7.74. The van der Waals surface area contributed by atoms with E-state index in [1.807, 2.05) is 0 Å². The van der Waals surface area contributed by atoms with Crippen LogP contribution in [0.4, 0.5) is 18.9 Å². The molecule has 0 aromatic heterocycles. The minimum Gasteiger partial charge on any atom is -0.381 e. The van der Waals surface area contributed by atoms with Gasteiger partial charge in [0.1, 0.15) is 0 Å². The molecule has 0 spiro atoms. The maximum atomic E-state index is 13.2. The van der Waals surface area contributed by atoms with Crippen molar-refractivity contribution in [2.45, 2.75) is 24.4 Å². The molecule has 2 amide bonds. The minimum atomic E-state index is -4.48. The van der Waals surface area contributed by atoms with Gasteiger partial charge in [-0.05, 0) is 30.5 Å².